The van der Waals surface area contributed by atoms with Crippen molar-refractivity contribution in [3.63, 3.8) is 0 Å². The van der Waals surface area contributed by atoms with Crippen LogP contribution in [0.3, 0.4) is 0 Å². The molecular weight excluding hydrogens is 305 g/mol. The second kappa shape index (κ2) is 7.33. The Bertz CT molecular complexity index is 678. The molecule has 2 N–H and O–H groups in total. The highest BCUT2D eigenvalue weighted by Gasteiger charge is 2.12. The number of nitrogens with one attached hydrogen (secondary N) is 1. The van der Waals surface area contributed by atoms with Crippen LogP contribution in [0.15, 0.2) is 36.4 Å². The van der Waals surface area contributed by atoms with Gasteiger partial charge in [0.05, 0.1) is 7.11 Å². The molecule has 1 atom stereocenters. The SMILES string of the molecule is COc1ccc(O)c(Pc2ccc(C)cc2CNC(C)(C)C)c1. The molecule has 2 aromatic rings. The van der Waals surface area contributed by atoms with Crippen LogP contribution in [0.5, 0.6) is 11.5 Å². The van der Waals surface area contributed by atoms with E-state index in [0.29, 0.717) is 14.3 Å². The van der Waals surface area contributed by atoms with E-state index in [4.69, 9.17) is 4.74 Å². The smallest absolute Gasteiger partial charge is 0.123 e. The minimum atomic E-state index is 0.0717. The van der Waals surface area contributed by atoms with Crippen LogP contribution in [0.4, 0.5) is 0 Å². The van der Waals surface area contributed by atoms with Gasteiger partial charge in [-0.2, -0.15) is 0 Å². The summed E-state index contributed by atoms with van der Waals surface area (Å²) in [6.45, 7) is 9.42. The maximum absolute atomic E-state index is 10.1. The number of aromatic hydroxyl groups is 1. The summed E-state index contributed by atoms with van der Waals surface area (Å²) in [5.41, 5.74) is 2.60. The Kier molecular flexibility index (Phi) is 5.67. The summed E-state index contributed by atoms with van der Waals surface area (Å²) in [7, 11) is 2.04. The molecule has 0 aliphatic carbocycles. The first-order valence-electron chi connectivity index (χ1n) is 7.77. The third-order valence-electron chi connectivity index (χ3n) is 3.54. The van der Waals surface area contributed by atoms with Crippen molar-refractivity contribution in [1.29, 1.82) is 0 Å². The fraction of sp³-hybridized carbons (Fsp3) is 0.368. The molecule has 0 radical (unpaired) electrons. The van der Waals surface area contributed by atoms with Crippen molar-refractivity contribution in [2.45, 2.75) is 39.8 Å². The number of hydrogen-bond acceptors (Lipinski definition) is 3. The van der Waals surface area contributed by atoms with Gasteiger partial charge in [-0.15, -0.1) is 0 Å². The van der Waals surface area contributed by atoms with Crippen LogP contribution in [0.25, 0.3) is 0 Å². The largest absolute Gasteiger partial charge is 0.507 e. The van der Waals surface area contributed by atoms with E-state index in [-0.39, 0.29) is 5.54 Å². The zero-order valence-electron chi connectivity index (χ0n) is 14.5. The fourth-order valence-electron chi connectivity index (χ4n) is 2.24. The lowest BCUT2D eigenvalue weighted by Crippen LogP contribution is -2.36. The van der Waals surface area contributed by atoms with Gasteiger partial charge in [0.2, 0.25) is 0 Å². The third-order valence-corrected chi connectivity index (χ3v) is 4.97. The van der Waals surface area contributed by atoms with Gasteiger partial charge in [0, 0.05) is 17.4 Å². The van der Waals surface area contributed by atoms with E-state index < -0.39 is 0 Å². The van der Waals surface area contributed by atoms with Gasteiger partial charge in [-0.3, -0.25) is 0 Å². The first kappa shape index (κ1) is 17.8. The molecule has 0 heterocycles. The molecule has 23 heavy (non-hydrogen) atoms. The maximum Gasteiger partial charge on any atom is 0.123 e. The van der Waals surface area contributed by atoms with Crippen molar-refractivity contribution in [2.75, 3.05) is 7.11 Å². The molecule has 4 heteroatoms. The summed E-state index contributed by atoms with van der Waals surface area (Å²) in [5, 5.41) is 15.8. The monoisotopic (exact) mass is 331 g/mol. The lowest BCUT2D eigenvalue weighted by atomic mass is 10.1. The number of methoxy groups -OCH3 is 1. The topological polar surface area (TPSA) is 41.5 Å². The molecule has 0 saturated heterocycles. The Morgan fingerprint density at radius 1 is 1.09 bits per heavy atom. The lowest BCUT2D eigenvalue weighted by Gasteiger charge is -2.22. The van der Waals surface area contributed by atoms with E-state index in [1.54, 1.807) is 19.2 Å². The summed E-state index contributed by atoms with van der Waals surface area (Å²) >= 11 is 0. The number of benzene rings is 2. The third kappa shape index (κ3) is 5.23. The summed E-state index contributed by atoms with van der Waals surface area (Å²) in [6, 6.07) is 11.9. The zero-order valence-corrected chi connectivity index (χ0v) is 15.5. The molecule has 0 bridgehead atoms. The molecule has 0 saturated carbocycles. The van der Waals surface area contributed by atoms with E-state index in [9.17, 15) is 5.11 Å². The van der Waals surface area contributed by atoms with Crippen LogP contribution in [0.2, 0.25) is 0 Å². The van der Waals surface area contributed by atoms with Crippen LogP contribution >= 0.6 is 8.58 Å². The quantitative estimate of drug-likeness (QED) is 0.827. The van der Waals surface area contributed by atoms with E-state index >= 15 is 0 Å². The summed E-state index contributed by atoms with van der Waals surface area (Å²) in [4.78, 5) is 0. The van der Waals surface area contributed by atoms with Crippen molar-refractivity contribution >= 4 is 19.2 Å². The van der Waals surface area contributed by atoms with Gasteiger partial charge in [0.1, 0.15) is 11.5 Å². The Morgan fingerprint density at radius 3 is 2.48 bits per heavy atom. The molecule has 0 spiro atoms. The average molecular weight is 331 g/mol. The van der Waals surface area contributed by atoms with Crippen molar-refractivity contribution < 1.29 is 9.84 Å². The van der Waals surface area contributed by atoms with E-state index in [2.05, 4.69) is 51.2 Å². The number of hydrogen-bond donors (Lipinski definition) is 2. The lowest BCUT2D eigenvalue weighted by molar-refractivity contribution is 0.413. The van der Waals surface area contributed by atoms with E-state index in [1.807, 2.05) is 6.07 Å². The molecule has 0 aliphatic rings. The van der Waals surface area contributed by atoms with Gasteiger partial charge in [0.15, 0.2) is 0 Å². The van der Waals surface area contributed by atoms with Crippen molar-refractivity contribution in [2.24, 2.45) is 0 Å². The molecule has 3 nitrogen and oxygen atoms in total. The van der Waals surface area contributed by atoms with Crippen LogP contribution in [0.1, 0.15) is 31.9 Å². The Morgan fingerprint density at radius 2 is 1.83 bits per heavy atom. The Labute approximate surface area is 140 Å². The van der Waals surface area contributed by atoms with Gasteiger partial charge in [-0.25, -0.2) is 0 Å². The summed E-state index contributed by atoms with van der Waals surface area (Å²) in [6.07, 6.45) is 0. The minimum Gasteiger partial charge on any atom is -0.507 e. The predicted molar refractivity (Wildman–Crippen MR) is 100 cm³/mol. The highest BCUT2D eigenvalue weighted by molar-refractivity contribution is 7.55. The molecule has 1 unspecified atom stereocenters. The van der Waals surface area contributed by atoms with E-state index in [1.165, 1.54) is 16.4 Å². The standard InChI is InChI=1S/C19H26NO2P/c1-13-6-9-17(14(10-13)12-20-19(2,3)4)23-18-11-15(22-5)7-8-16(18)21/h6-11,20-21,23H,12H2,1-5H3. The van der Waals surface area contributed by atoms with Gasteiger partial charge >= 0.3 is 0 Å². The molecule has 0 fully saturated rings. The predicted octanol–water partition coefficient (Wildman–Crippen LogP) is 3.23. The van der Waals surface area contributed by atoms with Gasteiger partial charge in [-0.1, -0.05) is 32.3 Å². The van der Waals surface area contributed by atoms with Crippen LogP contribution in [-0.4, -0.2) is 17.8 Å². The molecule has 0 aromatic heterocycles. The number of phenols is 1. The van der Waals surface area contributed by atoms with Gasteiger partial charge in [0.25, 0.3) is 0 Å². The normalized spacial score (nSPS) is 12.0. The number of phenolic OH excluding ortho intramolecular Hbond substituents is 1. The summed E-state index contributed by atoms with van der Waals surface area (Å²) < 4.78 is 5.27. The molecule has 0 amide bonds. The van der Waals surface area contributed by atoms with Crippen molar-refractivity contribution in [3.05, 3.63) is 47.5 Å². The van der Waals surface area contributed by atoms with Gasteiger partial charge < -0.3 is 15.2 Å². The van der Waals surface area contributed by atoms with Crippen LogP contribution in [0, 0.1) is 6.92 Å². The first-order chi connectivity index (χ1) is 10.8. The Hall–Kier alpha value is -1.57. The Balaban J connectivity index is 2.29. The number of ether oxygens (including phenoxy) is 1. The molecule has 124 valence electrons. The summed E-state index contributed by atoms with van der Waals surface area (Å²) in [5.74, 6) is 1.09. The zero-order chi connectivity index (χ0) is 17.0. The van der Waals surface area contributed by atoms with Crippen molar-refractivity contribution in [1.82, 2.24) is 5.32 Å². The van der Waals surface area contributed by atoms with Crippen LogP contribution < -0.4 is 20.7 Å². The maximum atomic E-state index is 10.1. The van der Waals surface area contributed by atoms with Crippen molar-refractivity contribution in [3.8, 4) is 11.5 Å². The average Bonchev–Trinajstić information content (AvgIpc) is 2.48. The second-order valence-corrected chi connectivity index (χ2v) is 8.10. The highest BCUT2D eigenvalue weighted by Crippen LogP contribution is 2.24. The minimum absolute atomic E-state index is 0.0717. The molecule has 2 aromatic carbocycles. The van der Waals surface area contributed by atoms with Gasteiger partial charge in [-0.05, 0) is 56.8 Å². The second-order valence-electron chi connectivity index (χ2n) is 6.77. The van der Waals surface area contributed by atoms with E-state index in [0.717, 1.165) is 17.6 Å². The fourth-order valence-corrected chi connectivity index (χ4v) is 3.44. The first-order valence-corrected chi connectivity index (χ1v) is 8.77. The number of aryl methyl sites for hydroxylation is 1. The highest BCUT2D eigenvalue weighted by atomic mass is 31.1. The number of rotatable bonds is 5. The van der Waals surface area contributed by atoms with Crippen LogP contribution in [-0.2, 0) is 6.54 Å². The molecule has 2 rings (SSSR count). The molecule has 0 aliphatic heterocycles. The molecular formula is C19H26NO2P.